The Hall–Kier alpha value is -2.43. The molecule has 0 unspecified atom stereocenters. The average molecular weight is 397 g/mol. The van der Waals surface area contributed by atoms with Crippen molar-refractivity contribution in [2.45, 2.75) is 25.6 Å². The highest BCUT2D eigenvalue weighted by Crippen LogP contribution is 2.37. The molecule has 0 fully saturated rings. The molecule has 0 bridgehead atoms. The predicted molar refractivity (Wildman–Crippen MR) is 112 cm³/mol. The fourth-order valence-corrected chi connectivity index (χ4v) is 4.16. The Labute approximate surface area is 171 Å². The van der Waals surface area contributed by atoms with E-state index in [-0.39, 0.29) is 6.04 Å². The van der Waals surface area contributed by atoms with Crippen molar-refractivity contribution in [3.63, 3.8) is 0 Å². The van der Waals surface area contributed by atoms with Gasteiger partial charge in [-0.1, -0.05) is 29.8 Å². The van der Waals surface area contributed by atoms with E-state index in [2.05, 4.69) is 52.1 Å². The maximum absolute atomic E-state index is 6.08. The third kappa shape index (κ3) is 3.75. The number of nitrogens with zero attached hydrogens (tertiary/aromatic N) is 2. The molecule has 0 N–H and O–H groups in total. The second-order valence-electron chi connectivity index (χ2n) is 7.09. The molecule has 1 aliphatic rings. The highest BCUT2D eigenvalue weighted by Gasteiger charge is 2.28. The molecule has 2 aromatic carbocycles. The number of fused-ring (bicyclic) bond motifs is 1. The predicted octanol–water partition coefficient (Wildman–Crippen LogP) is 5.15. The minimum atomic E-state index is 0.146. The summed E-state index contributed by atoms with van der Waals surface area (Å²) in [6.07, 6.45) is 3.29. The van der Waals surface area contributed by atoms with Crippen LogP contribution in [0.3, 0.4) is 0 Å². The van der Waals surface area contributed by atoms with Gasteiger partial charge in [0.25, 0.3) is 0 Å². The van der Waals surface area contributed by atoms with E-state index in [1.807, 2.05) is 18.2 Å². The van der Waals surface area contributed by atoms with E-state index >= 15 is 0 Å². The number of methoxy groups -OCH3 is 2. The monoisotopic (exact) mass is 396 g/mol. The Morgan fingerprint density at radius 2 is 1.75 bits per heavy atom. The molecule has 2 heterocycles. The van der Waals surface area contributed by atoms with Gasteiger partial charge < -0.3 is 14.0 Å². The van der Waals surface area contributed by atoms with Crippen LogP contribution >= 0.6 is 11.6 Å². The molecule has 0 spiro atoms. The molecule has 5 heteroatoms. The smallest absolute Gasteiger partial charge is 0.161 e. The number of aromatic nitrogens is 1. The highest BCUT2D eigenvalue weighted by molar-refractivity contribution is 6.30. The first-order chi connectivity index (χ1) is 13.7. The van der Waals surface area contributed by atoms with Gasteiger partial charge in [-0.2, -0.15) is 0 Å². The van der Waals surface area contributed by atoms with Gasteiger partial charge in [0.1, 0.15) is 0 Å². The number of rotatable bonds is 5. The summed E-state index contributed by atoms with van der Waals surface area (Å²) in [7, 11) is 3.35. The van der Waals surface area contributed by atoms with Gasteiger partial charge in [-0.3, -0.25) is 4.90 Å². The molecule has 0 aliphatic carbocycles. The third-order valence-electron chi connectivity index (χ3n) is 5.38. The number of halogens is 1. The summed E-state index contributed by atoms with van der Waals surface area (Å²) in [6.45, 7) is 2.91. The molecule has 1 atom stereocenters. The quantitative estimate of drug-likeness (QED) is 0.596. The SMILES string of the molecule is COc1ccc([C@@H]2c3cccn3CCCN2Cc2ccc(Cl)cc2)cc1OC. The van der Waals surface area contributed by atoms with Crippen molar-refractivity contribution in [2.24, 2.45) is 0 Å². The fourth-order valence-electron chi connectivity index (χ4n) is 4.04. The molecule has 0 amide bonds. The van der Waals surface area contributed by atoms with Crippen molar-refractivity contribution >= 4 is 11.6 Å². The van der Waals surface area contributed by atoms with Gasteiger partial charge in [-0.15, -0.1) is 0 Å². The lowest BCUT2D eigenvalue weighted by Crippen LogP contribution is -2.29. The number of aryl methyl sites for hydroxylation is 1. The van der Waals surface area contributed by atoms with Crippen LogP contribution in [0.5, 0.6) is 11.5 Å². The number of benzene rings is 2. The van der Waals surface area contributed by atoms with E-state index in [1.54, 1.807) is 14.2 Å². The van der Waals surface area contributed by atoms with E-state index < -0.39 is 0 Å². The zero-order valence-corrected chi connectivity index (χ0v) is 17.0. The molecule has 0 saturated heterocycles. The van der Waals surface area contributed by atoms with Crippen molar-refractivity contribution in [3.05, 3.63) is 82.6 Å². The first-order valence-corrected chi connectivity index (χ1v) is 9.93. The van der Waals surface area contributed by atoms with E-state index in [0.29, 0.717) is 0 Å². The minimum Gasteiger partial charge on any atom is -0.493 e. The Bertz CT molecular complexity index is 936. The van der Waals surface area contributed by atoms with E-state index in [9.17, 15) is 0 Å². The third-order valence-corrected chi connectivity index (χ3v) is 5.63. The summed E-state index contributed by atoms with van der Waals surface area (Å²) in [6, 6.07) is 18.9. The molecule has 1 aromatic heterocycles. The fraction of sp³-hybridized carbons (Fsp3) is 0.304. The molecule has 0 saturated carbocycles. The second-order valence-corrected chi connectivity index (χ2v) is 7.53. The van der Waals surface area contributed by atoms with Crippen molar-refractivity contribution < 1.29 is 9.47 Å². The largest absolute Gasteiger partial charge is 0.493 e. The zero-order chi connectivity index (χ0) is 19.5. The van der Waals surface area contributed by atoms with Gasteiger partial charge in [0.05, 0.1) is 20.3 Å². The van der Waals surface area contributed by atoms with E-state index in [4.69, 9.17) is 21.1 Å². The van der Waals surface area contributed by atoms with Crippen molar-refractivity contribution in [3.8, 4) is 11.5 Å². The topological polar surface area (TPSA) is 26.6 Å². The summed E-state index contributed by atoms with van der Waals surface area (Å²) < 4.78 is 13.4. The maximum Gasteiger partial charge on any atom is 0.161 e. The second kappa shape index (κ2) is 8.29. The van der Waals surface area contributed by atoms with Crippen LogP contribution in [0.4, 0.5) is 0 Å². The highest BCUT2D eigenvalue weighted by atomic mass is 35.5. The molecular formula is C23H25ClN2O2. The summed E-state index contributed by atoms with van der Waals surface area (Å²) in [5.41, 5.74) is 3.77. The molecule has 0 radical (unpaired) electrons. The molecule has 1 aliphatic heterocycles. The van der Waals surface area contributed by atoms with Gasteiger partial charge in [0.2, 0.25) is 0 Å². The van der Waals surface area contributed by atoms with Crippen molar-refractivity contribution in [1.29, 1.82) is 0 Å². The van der Waals surface area contributed by atoms with Crippen molar-refractivity contribution in [1.82, 2.24) is 9.47 Å². The Morgan fingerprint density at radius 1 is 0.964 bits per heavy atom. The van der Waals surface area contributed by atoms with Gasteiger partial charge in [-0.05, 0) is 53.9 Å². The average Bonchev–Trinajstić information content (AvgIpc) is 3.10. The summed E-state index contributed by atoms with van der Waals surface area (Å²) in [4.78, 5) is 2.53. The van der Waals surface area contributed by atoms with Crippen LogP contribution in [0.25, 0.3) is 0 Å². The van der Waals surface area contributed by atoms with Gasteiger partial charge in [0, 0.05) is 36.5 Å². The van der Waals surface area contributed by atoms with Crippen LogP contribution < -0.4 is 9.47 Å². The van der Waals surface area contributed by atoms with Gasteiger partial charge >= 0.3 is 0 Å². The van der Waals surface area contributed by atoms with Gasteiger partial charge in [0.15, 0.2) is 11.5 Å². The summed E-state index contributed by atoms with van der Waals surface area (Å²) in [5.74, 6) is 1.51. The maximum atomic E-state index is 6.08. The van der Waals surface area contributed by atoms with Crippen LogP contribution in [0.1, 0.15) is 29.3 Å². The first-order valence-electron chi connectivity index (χ1n) is 9.55. The molecule has 4 nitrogen and oxygen atoms in total. The lowest BCUT2D eigenvalue weighted by Gasteiger charge is -2.31. The van der Waals surface area contributed by atoms with Crippen LogP contribution in [0, 0.1) is 0 Å². The Morgan fingerprint density at radius 3 is 2.50 bits per heavy atom. The van der Waals surface area contributed by atoms with Crippen LogP contribution in [0.2, 0.25) is 5.02 Å². The summed E-state index contributed by atoms with van der Waals surface area (Å²) in [5, 5.41) is 0.768. The lowest BCUT2D eigenvalue weighted by molar-refractivity contribution is 0.220. The first kappa shape index (κ1) is 18.9. The number of hydrogen-bond acceptors (Lipinski definition) is 3. The Balaban J connectivity index is 1.75. The molecule has 3 aromatic rings. The zero-order valence-electron chi connectivity index (χ0n) is 16.3. The molecule has 4 rings (SSSR count). The Kier molecular flexibility index (Phi) is 5.60. The number of hydrogen-bond donors (Lipinski definition) is 0. The van der Waals surface area contributed by atoms with Crippen LogP contribution in [-0.4, -0.2) is 30.2 Å². The standard InChI is InChI=1S/C23H25ClN2O2/c1-27-21-11-8-18(15-22(21)28-2)23-20-5-3-12-25(20)13-4-14-26(23)16-17-6-9-19(24)10-7-17/h3,5-12,15,23H,4,13-14,16H2,1-2H3/t23-/m1/s1. The minimum absolute atomic E-state index is 0.146. The lowest BCUT2D eigenvalue weighted by atomic mass is 10.0. The molecular weight excluding hydrogens is 372 g/mol. The van der Waals surface area contributed by atoms with Gasteiger partial charge in [-0.25, -0.2) is 0 Å². The van der Waals surface area contributed by atoms with E-state index in [1.165, 1.54) is 16.8 Å². The van der Waals surface area contributed by atoms with Crippen LogP contribution in [-0.2, 0) is 13.1 Å². The van der Waals surface area contributed by atoms with Crippen LogP contribution in [0.15, 0.2) is 60.8 Å². The molecule has 146 valence electrons. The molecule has 28 heavy (non-hydrogen) atoms. The van der Waals surface area contributed by atoms with Crippen molar-refractivity contribution in [2.75, 3.05) is 20.8 Å². The van der Waals surface area contributed by atoms with E-state index in [0.717, 1.165) is 42.6 Å². The number of ether oxygens (including phenoxy) is 2. The summed E-state index contributed by atoms with van der Waals surface area (Å²) >= 11 is 6.08. The normalized spacial score (nSPS) is 17.0.